The summed E-state index contributed by atoms with van der Waals surface area (Å²) in [7, 11) is 0. The third-order valence-electron chi connectivity index (χ3n) is 5.01. The molecule has 3 N–H and O–H groups in total. The predicted molar refractivity (Wildman–Crippen MR) is 124 cm³/mol. The number of benzene rings is 3. The third kappa shape index (κ3) is 6.09. The van der Waals surface area contributed by atoms with E-state index in [0.717, 1.165) is 19.4 Å². The van der Waals surface area contributed by atoms with Gasteiger partial charge >= 0.3 is 6.03 Å². The number of para-hydroxylation sites is 1. The molecule has 1 aliphatic heterocycles. The molecule has 0 bridgehead atoms. The molecule has 0 aromatic heterocycles. The van der Waals surface area contributed by atoms with Gasteiger partial charge in [0.25, 0.3) is 5.91 Å². The van der Waals surface area contributed by atoms with E-state index in [-0.39, 0.29) is 18.0 Å². The second-order valence-electron chi connectivity index (χ2n) is 7.45. The molecule has 1 unspecified atom stereocenters. The molecule has 1 aliphatic rings. The molecule has 7 nitrogen and oxygen atoms in total. The molecule has 1 atom stereocenters. The maximum Gasteiger partial charge on any atom is 0.323 e. The Morgan fingerprint density at radius 2 is 1.44 bits per heavy atom. The van der Waals surface area contributed by atoms with Gasteiger partial charge in [-0.05, 0) is 73.5 Å². The summed E-state index contributed by atoms with van der Waals surface area (Å²) in [4.78, 5) is 24.6. The lowest BCUT2D eigenvalue weighted by atomic mass is 10.2. The van der Waals surface area contributed by atoms with Crippen LogP contribution in [0, 0.1) is 0 Å². The first-order valence-electron chi connectivity index (χ1n) is 10.5. The summed E-state index contributed by atoms with van der Waals surface area (Å²) < 4.78 is 11.3. The molecule has 0 radical (unpaired) electrons. The van der Waals surface area contributed by atoms with Crippen LogP contribution < -0.4 is 20.7 Å². The van der Waals surface area contributed by atoms with E-state index in [1.165, 1.54) is 0 Å². The van der Waals surface area contributed by atoms with Crippen molar-refractivity contribution in [3.8, 4) is 5.75 Å². The van der Waals surface area contributed by atoms with Crippen molar-refractivity contribution < 1.29 is 19.1 Å². The van der Waals surface area contributed by atoms with Crippen LogP contribution in [0.25, 0.3) is 0 Å². The summed E-state index contributed by atoms with van der Waals surface area (Å²) >= 11 is 0. The number of carbonyl (C=O) groups is 2. The molecule has 164 valence electrons. The fourth-order valence-electron chi connectivity index (χ4n) is 3.32. The van der Waals surface area contributed by atoms with Gasteiger partial charge in [0.05, 0.1) is 6.10 Å². The van der Waals surface area contributed by atoms with E-state index >= 15 is 0 Å². The Balaban J connectivity index is 1.26. The number of nitrogens with one attached hydrogen (secondary N) is 3. The predicted octanol–water partition coefficient (Wildman–Crippen LogP) is 5.14. The number of hydrogen-bond donors (Lipinski definition) is 3. The van der Waals surface area contributed by atoms with Crippen molar-refractivity contribution >= 4 is 29.0 Å². The first kappa shape index (κ1) is 21.4. The average Bonchev–Trinajstić information content (AvgIpc) is 3.34. The Bertz CT molecular complexity index is 1030. The van der Waals surface area contributed by atoms with E-state index in [0.29, 0.717) is 35.0 Å². The second-order valence-corrected chi connectivity index (χ2v) is 7.45. The van der Waals surface area contributed by atoms with Gasteiger partial charge in [-0.1, -0.05) is 18.2 Å². The molecular formula is C25H25N3O4. The summed E-state index contributed by atoms with van der Waals surface area (Å²) in [6, 6.07) is 22.8. The highest BCUT2D eigenvalue weighted by molar-refractivity contribution is 6.04. The van der Waals surface area contributed by atoms with Gasteiger partial charge in [0.2, 0.25) is 0 Å². The number of carbonyl (C=O) groups excluding carboxylic acids is 2. The highest BCUT2D eigenvalue weighted by Crippen LogP contribution is 2.19. The Labute approximate surface area is 186 Å². The fraction of sp³-hybridized carbons (Fsp3) is 0.200. The fourth-order valence-corrected chi connectivity index (χ4v) is 3.32. The Kier molecular flexibility index (Phi) is 6.99. The molecule has 1 saturated heterocycles. The van der Waals surface area contributed by atoms with Gasteiger partial charge in [-0.2, -0.15) is 0 Å². The van der Waals surface area contributed by atoms with Crippen molar-refractivity contribution in [2.75, 3.05) is 29.2 Å². The Hall–Kier alpha value is -3.84. The number of ether oxygens (including phenoxy) is 2. The van der Waals surface area contributed by atoms with Crippen LogP contribution in [-0.4, -0.2) is 31.3 Å². The monoisotopic (exact) mass is 431 g/mol. The maximum atomic E-state index is 12.5. The van der Waals surface area contributed by atoms with Gasteiger partial charge in [-0.15, -0.1) is 0 Å². The minimum absolute atomic E-state index is 0.153. The third-order valence-corrected chi connectivity index (χ3v) is 5.01. The molecule has 32 heavy (non-hydrogen) atoms. The molecule has 7 heteroatoms. The molecule has 3 aromatic rings. The summed E-state index contributed by atoms with van der Waals surface area (Å²) in [5, 5.41) is 8.35. The Morgan fingerprint density at radius 3 is 2.06 bits per heavy atom. The van der Waals surface area contributed by atoms with Crippen LogP contribution in [0.1, 0.15) is 23.2 Å². The highest BCUT2D eigenvalue weighted by atomic mass is 16.5. The number of rotatable bonds is 7. The van der Waals surface area contributed by atoms with E-state index in [2.05, 4.69) is 16.0 Å². The minimum atomic E-state index is -0.338. The molecule has 0 spiro atoms. The standard InChI is InChI=1S/C25H25N3O4/c29-24(18-8-14-22(15-9-18)32-17-23-7-4-16-31-23)26-20-10-12-21(13-11-20)28-25(30)27-19-5-2-1-3-6-19/h1-3,5-6,8-15,23H,4,7,16-17H2,(H,26,29)(H2,27,28,30). The zero-order chi connectivity index (χ0) is 22.2. The SMILES string of the molecule is O=C(Nc1ccccc1)Nc1ccc(NC(=O)c2ccc(OCC3CCCO3)cc2)cc1. The van der Waals surface area contributed by atoms with Gasteiger partial charge in [-0.25, -0.2) is 4.79 Å². The van der Waals surface area contributed by atoms with Gasteiger partial charge < -0.3 is 25.4 Å². The number of anilines is 3. The summed E-state index contributed by atoms with van der Waals surface area (Å²) in [5.74, 6) is 0.486. The Morgan fingerprint density at radius 1 is 0.812 bits per heavy atom. The molecule has 1 heterocycles. The molecule has 1 fully saturated rings. The van der Waals surface area contributed by atoms with E-state index in [1.54, 1.807) is 60.7 Å². The highest BCUT2D eigenvalue weighted by Gasteiger charge is 2.16. The van der Waals surface area contributed by atoms with Crippen molar-refractivity contribution in [3.63, 3.8) is 0 Å². The lowest BCUT2D eigenvalue weighted by Crippen LogP contribution is -2.19. The van der Waals surface area contributed by atoms with Gasteiger partial charge in [0.15, 0.2) is 0 Å². The van der Waals surface area contributed by atoms with Crippen molar-refractivity contribution in [2.24, 2.45) is 0 Å². The van der Waals surface area contributed by atoms with Crippen LogP contribution >= 0.6 is 0 Å². The number of hydrogen-bond acceptors (Lipinski definition) is 4. The number of urea groups is 1. The van der Waals surface area contributed by atoms with Gasteiger partial charge in [-0.3, -0.25) is 4.79 Å². The molecular weight excluding hydrogens is 406 g/mol. The van der Waals surface area contributed by atoms with Gasteiger partial charge in [0, 0.05) is 29.2 Å². The van der Waals surface area contributed by atoms with Crippen LogP contribution in [0.15, 0.2) is 78.9 Å². The van der Waals surface area contributed by atoms with Crippen LogP contribution in [0.2, 0.25) is 0 Å². The lowest BCUT2D eigenvalue weighted by molar-refractivity contribution is 0.0679. The summed E-state index contributed by atoms with van der Waals surface area (Å²) in [6.45, 7) is 1.32. The van der Waals surface area contributed by atoms with Gasteiger partial charge in [0.1, 0.15) is 12.4 Å². The molecule has 3 amide bonds. The van der Waals surface area contributed by atoms with E-state index in [9.17, 15) is 9.59 Å². The molecule has 3 aromatic carbocycles. The zero-order valence-electron chi connectivity index (χ0n) is 17.5. The maximum absolute atomic E-state index is 12.5. The van der Waals surface area contributed by atoms with Crippen molar-refractivity contribution in [1.82, 2.24) is 0 Å². The first-order valence-corrected chi connectivity index (χ1v) is 10.5. The molecule has 0 saturated carbocycles. The number of amides is 3. The second kappa shape index (κ2) is 10.5. The van der Waals surface area contributed by atoms with Crippen molar-refractivity contribution in [1.29, 1.82) is 0 Å². The van der Waals surface area contributed by atoms with Crippen LogP contribution in [0.5, 0.6) is 5.75 Å². The summed E-state index contributed by atoms with van der Waals surface area (Å²) in [5.41, 5.74) is 2.47. The normalized spacial score (nSPS) is 15.1. The largest absolute Gasteiger partial charge is 0.491 e. The quantitative estimate of drug-likeness (QED) is 0.483. The van der Waals surface area contributed by atoms with Crippen molar-refractivity contribution in [3.05, 3.63) is 84.4 Å². The lowest BCUT2D eigenvalue weighted by Gasteiger charge is -2.12. The van der Waals surface area contributed by atoms with Crippen LogP contribution in [0.3, 0.4) is 0 Å². The van der Waals surface area contributed by atoms with E-state index < -0.39 is 0 Å². The van der Waals surface area contributed by atoms with Crippen LogP contribution in [0.4, 0.5) is 21.9 Å². The smallest absolute Gasteiger partial charge is 0.323 e. The topological polar surface area (TPSA) is 88.7 Å². The first-order chi connectivity index (χ1) is 15.7. The van der Waals surface area contributed by atoms with Crippen LogP contribution in [-0.2, 0) is 4.74 Å². The average molecular weight is 431 g/mol. The zero-order valence-corrected chi connectivity index (χ0v) is 17.5. The molecule has 0 aliphatic carbocycles. The minimum Gasteiger partial charge on any atom is -0.491 e. The molecule has 4 rings (SSSR count). The van der Waals surface area contributed by atoms with E-state index in [4.69, 9.17) is 9.47 Å². The summed E-state index contributed by atoms with van der Waals surface area (Å²) in [6.07, 6.45) is 2.25. The van der Waals surface area contributed by atoms with Crippen molar-refractivity contribution in [2.45, 2.75) is 18.9 Å². The van der Waals surface area contributed by atoms with E-state index in [1.807, 2.05) is 18.2 Å².